The number of hydrogen-bond acceptors (Lipinski definition) is 8. The van der Waals surface area contributed by atoms with Gasteiger partial charge in [-0.05, 0) is 111 Å². The molecule has 13 nitrogen and oxygen atoms in total. The Morgan fingerprint density at radius 3 is 2.43 bits per heavy atom. The molecule has 358 valence electrons. The van der Waals surface area contributed by atoms with Crippen molar-refractivity contribution in [2.24, 2.45) is 17.3 Å². The van der Waals surface area contributed by atoms with Crippen molar-refractivity contribution in [3.05, 3.63) is 95.6 Å². The molecule has 1 aromatic heterocycles. The monoisotopic (exact) mass is 915 g/mol. The average Bonchev–Trinajstić information content (AvgIpc) is 3.92. The van der Waals surface area contributed by atoms with Gasteiger partial charge in [0.25, 0.3) is 5.91 Å². The van der Waals surface area contributed by atoms with Crippen LogP contribution in [-0.2, 0) is 52.8 Å². The summed E-state index contributed by atoms with van der Waals surface area (Å²) in [6.45, 7) is 21.5. The molecule has 5 atom stereocenters. The minimum atomic E-state index is -1.52. The number of benzene rings is 3. The highest BCUT2D eigenvalue weighted by molar-refractivity contribution is 5.97. The minimum absolute atomic E-state index is 0.119. The van der Waals surface area contributed by atoms with E-state index >= 15 is 4.79 Å². The number of ether oxygens (including phenoxy) is 2. The van der Waals surface area contributed by atoms with E-state index in [1.807, 2.05) is 26.0 Å². The fraction of sp³-hybridized carbons (Fsp3) is 0.500. The van der Waals surface area contributed by atoms with Crippen LogP contribution in [0.5, 0.6) is 0 Å². The lowest BCUT2D eigenvalue weighted by atomic mass is 9.83. The van der Waals surface area contributed by atoms with Gasteiger partial charge in [0.2, 0.25) is 17.7 Å². The van der Waals surface area contributed by atoms with Gasteiger partial charge in [0.1, 0.15) is 17.6 Å². The van der Waals surface area contributed by atoms with Gasteiger partial charge in [0, 0.05) is 68.6 Å². The number of nitrogens with one attached hydrogen (secondary N) is 2. The van der Waals surface area contributed by atoms with Gasteiger partial charge >= 0.3 is 5.97 Å². The van der Waals surface area contributed by atoms with Gasteiger partial charge in [-0.2, -0.15) is 0 Å². The topological polar surface area (TPSA) is 143 Å². The van der Waals surface area contributed by atoms with Crippen molar-refractivity contribution in [1.82, 2.24) is 30.1 Å². The van der Waals surface area contributed by atoms with Gasteiger partial charge < -0.3 is 29.2 Å². The third-order valence-electron chi connectivity index (χ3n) is 14.2. The lowest BCUT2D eigenvalue weighted by Crippen LogP contribution is -2.67. The highest BCUT2D eigenvalue weighted by Gasteiger charge is 2.45. The number of likely N-dealkylation sites (N-methyl/N-ethyl adjacent to an activating group) is 1. The quantitative estimate of drug-likeness (QED) is 0.123. The summed E-state index contributed by atoms with van der Waals surface area (Å²) < 4.78 is 14.5. The SMILES string of the molecule is C=CC(=O)N1CC[C@H](C(=O)N(C)[C@H](C(=O)N[C@@]2(C)Cc3cccc(c3)-c3ccc4c(c3)c(c(-c3cccc(C)c3[C@H](C)OC)n4CC)CC(C)(C)COC(=O)[C@@H]3CCCN(N3)C2=O)C(C)C)C1. The van der Waals surface area contributed by atoms with E-state index in [2.05, 4.69) is 105 Å². The molecule has 2 fully saturated rings. The molecule has 0 radical (unpaired) electrons. The number of nitrogens with zero attached hydrogens (tertiary/aromatic N) is 4. The van der Waals surface area contributed by atoms with E-state index in [4.69, 9.17) is 9.47 Å². The Morgan fingerprint density at radius 2 is 1.73 bits per heavy atom. The van der Waals surface area contributed by atoms with Gasteiger partial charge in [-0.25, -0.2) is 5.43 Å². The van der Waals surface area contributed by atoms with Crippen LogP contribution in [0.4, 0.5) is 0 Å². The van der Waals surface area contributed by atoms with Gasteiger partial charge in [-0.15, -0.1) is 0 Å². The fourth-order valence-electron chi connectivity index (χ4n) is 10.7. The predicted molar refractivity (Wildman–Crippen MR) is 261 cm³/mol. The predicted octanol–water partition coefficient (Wildman–Crippen LogP) is 7.57. The van der Waals surface area contributed by atoms with Crippen LogP contribution in [0.25, 0.3) is 33.3 Å². The maximum Gasteiger partial charge on any atom is 0.324 e. The number of likely N-dealkylation sites (tertiary alicyclic amines) is 1. The second kappa shape index (κ2) is 19.8. The van der Waals surface area contributed by atoms with E-state index in [1.165, 1.54) is 16.0 Å². The Hall–Kier alpha value is -5.79. The fourth-order valence-corrected chi connectivity index (χ4v) is 10.7. The zero-order valence-corrected chi connectivity index (χ0v) is 41.2. The molecular weight excluding hydrogens is 845 g/mol. The van der Waals surface area contributed by atoms with E-state index in [9.17, 15) is 19.2 Å². The number of esters is 1. The highest BCUT2D eigenvalue weighted by Crippen LogP contribution is 2.43. The maximum absolute atomic E-state index is 15.0. The largest absolute Gasteiger partial charge is 0.464 e. The zero-order chi connectivity index (χ0) is 48.5. The van der Waals surface area contributed by atoms with Gasteiger partial charge in [-0.3, -0.25) is 29.0 Å². The molecule has 4 heterocycles. The van der Waals surface area contributed by atoms with Crippen molar-refractivity contribution in [3.8, 4) is 22.4 Å². The lowest BCUT2D eigenvalue weighted by molar-refractivity contribution is -0.157. The van der Waals surface area contributed by atoms with Crippen LogP contribution >= 0.6 is 0 Å². The number of hydrazine groups is 1. The van der Waals surface area contributed by atoms with Crippen LogP contribution in [0, 0.1) is 24.2 Å². The second-order valence-electron chi connectivity index (χ2n) is 20.3. The normalized spacial score (nSPS) is 22.0. The summed E-state index contributed by atoms with van der Waals surface area (Å²) in [7, 11) is 3.36. The van der Waals surface area contributed by atoms with Crippen molar-refractivity contribution < 1.29 is 33.4 Å². The number of cyclic esters (lactones) is 1. The summed E-state index contributed by atoms with van der Waals surface area (Å²) in [6.07, 6.45) is 3.32. The molecule has 0 saturated carbocycles. The maximum atomic E-state index is 15.0. The van der Waals surface area contributed by atoms with Crippen molar-refractivity contribution in [3.63, 3.8) is 0 Å². The van der Waals surface area contributed by atoms with Gasteiger partial charge in [0.05, 0.1) is 24.3 Å². The van der Waals surface area contributed by atoms with Crippen LogP contribution in [0.1, 0.15) is 96.1 Å². The number of aromatic nitrogens is 1. The van der Waals surface area contributed by atoms with E-state index < -0.39 is 46.7 Å². The van der Waals surface area contributed by atoms with Crippen molar-refractivity contribution in [2.45, 2.75) is 118 Å². The number of methoxy groups -OCH3 is 1. The summed E-state index contributed by atoms with van der Waals surface area (Å²) in [4.78, 5) is 73.2. The Labute approximate surface area is 396 Å². The lowest BCUT2D eigenvalue weighted by Gasteiger charge is -2.41. The number of carbonyl (C=O) groups excluding carboxylic acids is 5. The summed E-state index contributed by atoms with van der Waals surface area (Å²) in [6, 6.07) is 19.4. The molecule has 4 aromatic rings. The van der Waals surface area contributed by atoms with E-state index in [0.717, 1.165) is 62.1 Å². The first-order valence-electron chi connectivity index (χ1n) is 23.9. The minimum Gasteiger partial charge on any atom is -0.464 e. The molecular formula is C54H70N6O7. The molecule has 0 unspecified atom stereocenters. The Bertz CT molecular complexity index is 2560. The molecule has 7 rings (SSSR count). The Morgan fingerprint density at radius 1 is 1.00 bits per heavy atom. The molecule has 4 amide bonds. The molecule has 2 N–H and O–H groups in total. The van der Waals surface area contributed by atoms with Crippen molar-refractivity contribution >= 4 is 40.5 Å². The summed E-state index contributed by atoms with van der Waals surface area (Å²) in [5.41, 5.74) is 10.7. The van der Waals surface area contributed by atoms with Gasteiger partial charge in [-0.1, -0.05) is 82.8 Å². The molecule has 67 heavy (non-hydrogen) atoms. The van der Waals surface area contributed by atoms with Gasteiger partial charge in [0.15, 0.2) is 0 Å². The Kier molecular flexibility index (Phi) is 14.5. The molecule has 3 aliphatic rings. The van der Waals surface area contributed by atoms with Crippen molar-refractivity contribution in [2.75, 3.05) is 40.4 Å². The van der Waals surface area contributed by atoms with Crippen LogP contribution in [0.15, 0.2) is 73.3 Å². The second-order valence-corrected chi connectivity index (χ2v) is 20.3. The number of fused-ring (bicyclic) bond motifs is 6. The average molecular weight is 915 g/mol. The molecule has 6 bridgehead atoms. The summed E-state index contributed by atoms with van der Waals surface area (Å²) >= 11 is 0. The number of rotatable bonds is 10. The summed E-state index contributed by atoms with van der Waals surface area (Å²) in [5, 5.41) is 5.70. The number of amides is 4. The smallest absolute Gasteiger partial charge is 0.324 e. The standard InChI is InChI=1S/C54H70N6O7/c1-12-45(61)58-26-24-39(31-58)50(63)57(10)47(33(3)4)49(62)55-54(9)29-36-18-15-19-37(27-36)38-22-23-44-41(28-38)42(48(59(44)13-2)40-20-14-17-34(5)46(40)35(6)66-11)30-53(7,8)32-67-51(64)43-21-16-25-60(56-43)52(54)65/h12,14-15,17-20,22-23,27-28,33,35,39,43,47,56H,1,13,16,21,24-26,29-32H2,2-11H3,(H,55,62)/t35-,39-,43-,47-,54-/m0/s1. The molecule has 13 heteroatoms. The first-order chi connectivity index (χ1) is 31.8. The highest BCUT2D eigenvalue weighted by atomic mass is 16.5. The van der Waals surface area contributed by atoms with Crippen LogP contribution in [0.2, 0.25) is 0 Å². The van der Waals surface area contributed by atoms with Crippen LogP contribution in [-0.4, -0.2) is 107 Å². The first-order valence-corrected chi connectivity index (χ1v) is 23.9. The molecule has 2 saturated heterocycles. The van der Waals surface area contributed by atoms with E-state index in [0.29, 0.717) is 38.8 Å². The first kappa shape index (κ1) is 49.1. The molecule has 3 aromatic carbocycles. The number of aryl methyl sites for hydroxylation is 2. The van der Waals surface area contributed by atoms with Crippen LogP contribution < -0.4 is 10.7 Å². The van der Waals surface area contributed by atoms with E-state index in [-0.39, 0.29) is 43.4 Å². The summed E-state index contributed by atoms with van der Waals surface area (Å²) in [5.74, 6) is -2.59. The van der Waals surface area contributed by atoms with E-state index in [1.54, 1.807) is 26.0 Å². The molecule has 0 spiro atoms. The molecule has 0 aliphatic carbocycles. The molecule has 3 aliphatic heterocycles. The number of carbonyl (C=O) groups is 5. The number of hydrogen-bond donors (Lipinski definition) is 2. The van der Waals surface area contributed by atoms with Crippen LogP contribution in [0.3, 0.4) is 0 Å². The Balaban J connectivity index is 1.32. The van der Waals surface area contributed by atoms with Crippen molar-refractivity contribution in [1.29, 1.82) is 0 Å². The zero-order valence-electron chi connectivity index (χ0n) is 41.2. The third kappa shape index (κ3) is 9.95. The third-order valence-corrected chi connectivity index (χ3v) is 14.2.